The Kier molecular flexibility index (Phi) is 20.2. The minimum Gasteiger partial charge on any atom is -0.469 e. The van der Waals surface area contributed by atoms with E-state index in [0.29, 0.717) is 37.6 Å². The van der Waals surface area contributed by atoms with Gasteiger partial charge in [-0.2, -0.15) is 0 Å². The first-order chi connectivity index (χ1) is 24.6. The van der Waals surface area contributed by atoms with E-state index < -0.39 is 101 Å². The van der Waals surface area contributed by atoms with Crippen molar-refractivity contribution in [3.05, 3.63) is 0 Å². The maximum atomic E-state index is 13.1. The molecule has 1 aliphatic rings. The van der Waals surface area contributed by atoms with Crippen LogP contribution in [0.15, 0.2) is 0 Å². The molecule has 1 fully saturated rings. The lowest BCUT2D eigenvalue weighted by Gasteiger charge is -2.48. The number of hydrogen-bond donors (Lipinski definition) is 8. The maximum absolute atomic E-state index is 13.1. The normalized spacial score (nSPS) is 23.1. The van der Waals surface area contributed by atoms with E-state index in [1.165, 1.54) is 13.8 Å². The number of amides is 5. The summed E-state index contributed by atoms with van der Waals surface area (Å²) in [4.78, 5) is 86.0. The molecule has 1 unspecified atom stereocenters. The lowest BCUT2D eigenvalue weighted by molar-refractivity contribution is -0.283. The van der Waals surface area contributed by atoms with Crippen LogP contribution in [0.25, 0.3) is 0 Å². The van der Waals surface area contributed by atoms with Crippen molar-refractivity contribution in [3.8, 4) is 0 Å². The minimum atomic E-state index is -2.54. The number of methoxy groups -OCH3 is 1. The van der Waals surface area contributed by atoms with Crippen LogP contribution >= 0.6 is 11.8 Å². The molecule has 0 aromatic rings. The number of hydrogen-bond acceptors (Lipinski definition) is 15. The van der Waals surface area contributed by atoms with Gasteiger partial charge in [0.2, 0.25) is 28.7 Å². The zero-order valence-corrected chi connectivity index (χ0v) is 32.2. The van der Waals surface area contributed by atoms with Gasteiger partial charge in [0, 0.05) is 26.3 Å². The number of nitrogens with one attached hydrogen (secondary N) is 4. The smallest absolute Gasteiger partial charge is 0.407 e. The molecule has 0 aromatic heterocycles. The Balaban J connectivity index is 2.86. The summed E-state index contributed by atoms with van der Waals surface area (Å²) in [5.41, 5.74) is 4.73. The zero-order valence-electron chi connectivity index (χ0n) is 31.4. The topological polar surface area (TPSA) is 291 Å². The van der Waals surface area contributed by atoms with Gasteiger partial charge < -0.3 is 61.3 Å². The van der Waals surface area contributed by atoms with E-state index in [0.717, 1.165) is 26.9 Å². The first kappa shape index (κ1) is 47.5. The Morgan fingerprint density at radius 1 is 0.962 bits per heavy atom. The van der Waals surface area contributed by atoms with Crippen molar-refractivity contribution in [2.24, 2.45) is 5.73 Å². The highest BCUT2D eigenvalue weighted by Crippen LogP contribution is 2.39. The van der Waals surface area contributed by atoms with Crippen LogP contribution < -0.4 is 27.0 Å². The number of thioether (sulfide) groups is 1. The van der Waals surface area contributed by atoms with Crippen molar-refractivity contribution < 1.29 is 67.8 Å². The standard InChI is InChI=1S/C33H57N5O14S/c1-18(29(45)38-21(28(34)44)14-15-23(41)49-7)36-30(46)19(2)50-26-25(43)22(17-39)51-33(48,27(26)37-20(3)40)53-24(42)13-11-9-8-10-12-16-35-31(47)52-32(4,5)6/h18-19,21-22,25-27,39,43,48H,8-17H2,1-7H3,(H2,34,44)(H,35,47)(H,36,46)(H,37,40)(H,38,45)/t18-,19+,21-,22+,25+,26-,27+,33?/m0/s1. The third-order valence-electron chi connectivity index (χ3n) is 7.79. The second kappa shape index (κ2) is 22.6. The molecule has 0 aliphatic carbocycles. The van der Waals surface area contributed by atoms with Crippen molar-refractivity contribution in [1.29, 1.82) is 0 Å². The number of alkyl carbamates (subject to hydrolysis) is 1. The highest BCUT2D eigenvalue weighted by atomic mass is 32.2. The average Bonchev–Trinajstić information content (AvgIpc) is 3.05. The summed E-state index contributed by atoms with van der Waals surface area (Å²) in [6.45, 7) is 8.58. The van der Waals surface area contributed by atoms with Gasteiger partial charge in [0.25, 0.3) is 0 Å². The lowest BCUT2D eigenvalue weighted by atomic mass is 9.96. The van der Waals surface area contributed by atoms with Crippen molar-refractivity contribution in [2.45, 2.75) is 146 Å². The predicted octanol–water partition coefficient (Wildman–Crippen LogP) is -0.784. The van der Waals surface area contributed by atoms with Gasteiger partial charge in [-0.3, -0.25) is 28.8 Å². The molecule has 53 heavy (non-hydrogen) atoms. The molecule has 1 saturated heterocycles. The average molecular weight is 780 g/mol. The largest absolute Gasteiger partial charge is 0.469 e. The van der Waals surface area contributed by atoms with E-state index >= 15 is 0 Å². The number of carbonyl (C=O) groups is 7. The van der Waals surface area contributed by atoms with Gasteiger partial charge in [-0.25, -0.2) is 4.79 Å². The number of ether oxygens (including phenoxy) is 4. The van der Waals surface area contributed by atoms with Gasteiger partial charge in [-0.15, -0.1) is 0 Å². The molecule has 0 saturated carbocycles. The first-order valence-corrected chi connectivity index (χ1v) is 18.2. The molecule has 1 rings (SSSR count). The van der Waals surface area contributed by atoms with E-state index in [1.54, 1.807) is 20.8 Å². The van der Waals surface area contributed by atoms with Crippen LogP contribution in [-0.4, -0.2) is 130 Å². The van der Waals surface area contributed by atoms with E-state index in [1.807, 2.05) is 0 Å². The molecule has 1 aliphatic heterocycles. The van der Waals surface area contributed by atoms with Gasteiger partial charge in [0.1, 0.15) is 48.1 Å². The number of esters is 1. The van der Waals surface area contributed by atoms with Gasteiger partial charge in [0.15, 0.2) is 5.12 Å². The Bertz CT molecular complexity index is 1270. The number of rotatable bonds is 21. The summed E-state index contributed by atoms with van der Waals surface area (Å²) in [6.07, 6.45) is -3.74. The second-order valence-corrected chi connectivity index (χ2v) is 14.9. The lowest BCUT2D eigenvalue weighted by Crippen LogP contribution is -2.70. The molecular formula is C33H57N5O14S. The van der Waals surface area contributed by atoms with Gasteiger partial charge >= 0.3 is 12.1 Å². The summed E-state index contributed by atoms with van der Waals surface area (Å²) < 4.78 is 21.1. The van der Waals surface area contributed by atoms with E-state index in [2.05, 4.69) is 26.0 Å². The molecule has 5 amide bonds. The van der Waals surface area contributed by atoms with E-state index in [-0.39, 0.29) is 19.3 Å². The number of aliphatic hydroxyl groups excluding tert-OH is 2. The predicted molar refractivity (Wildman–Crippen MR) is 189 cm³/mol. The fourth-order valence-electron chi connectivity index (χ4n) is 5.04. The third-order valence-corrected chi connectivity index (χ3v) is 8.87. The Labute approximate surface area is 313 Å². The Hall–Kier alpha value is -3.56. The highest BCUT2D eigenvalue weighted by Gasteiger charge is 2.57. The zero-order chi connectivity index (χ0) is 40.5. The minimum absolute atomic E-state index is 0.00914. The van der Waals surface area contributed by atoms with E-state index in [9.17, 15) is 48.9 Å². The number of nitrogens with two attached hydrogens (primary N) is 1. The van der Waals surface area contributed by atoms with Crippen molar-refractivity contribution in [2.75, 3.05) is 20.3 Å². The van der Waals surface area contributed by atoms with Crippen molar-refractivity contribution in [1.82, 2.24) is 21.3 Å². The monoisotopic (exact) mass is 779 g/mol. The third kappa shape index (κ3) is 17.4. The molecule has 20 heteroatoms. The van der Waals surface area contributed by atoms with Crippen LogP contribution in [0.3, 0.4) is 0 Å². The summed E-state index contributed by atoms with van der Waals surface area (Å²) in [5.74, 6) is -3.95. The molecule has 19 nitrogen and oxygen atoms in total. The van der Waals surface area contributed by atoms with Crippen LogP contribution in [0, 0.1) is 0 Å². The molecule has 0 bridgehead atoms. The number of aliphatic hydroxyl groups is 3. The maximum Gasteiger partial charge on any atom is 0.407 e. The van der Waals surface area contributed by atoms with E-state index in [4.69, 9.17) is 19.9 Å². The molecule has 8 atom stereocenters. The van der Waals surface area contributed by atoms with Crippen LogP contribution in [-0.2, 0) is 47.7 Å². The summed E-state index contributed by atoms with van der Waals surface area (Å²) in [5, 5.41) is 39.3. The fraction of sp³-hybridized carbons (Fsp3) is 0.788. The molecule has 1 heterocycles. The molecule has 304 valence electrons. The summed E-state index contributed by atoms with van der Waals surface area (Å²) >= 11 is 0.338. The van der Waals surface area contributed by atoms with Crippen LogP contribution in [0.5, 0.6) is 0 Å². The fourth-order valence-corrected chi connectivity index (χ4v) is 6.11. The van der Waals surface area contributed by atoms with Gasteiger partial charge in [0.05, 0.1) is 13.7 Å². The van der Waals surface area contributed by atoms with Crippen LogP contribution in [0.2, 0.25) is 0 Å². The number of primary amides is 1. The molecule has 0 radical (unpaired) electrons. The Morgan fingerprint density at radius 3 is 2.15 bits per heavy atom. The quantitative estimate of drug-likeness (QED) is 0.0403. The molecule has 9 N–H and O–H groups in total. The van der Waals surface area contributed by atoms with Crippen molar-refractivity contribution >= 4 is 52.6 Å². The van der Waals surface area contributed by atoms with Crippen LogP contribution in [0.4, 0.5) is 4.79 Å². The highest BCUT2D eigenvalue weighted by molar-refractivity contribution is 8.14. The first-order valence-electron chi connectivity index (χ1n) is 17.4. The Morgan fingerprint density at radius 2 is 1.58 bits per heavy atom. The summed E-state index contributed by atoms with van der Waals surface area (Å²) in [6, 6.07) is -4.10. The van der Waals surface area contributed by atoms with Crippen LogP contribution in [0.1, 0.15) is 92.9 Å². The van der Waals surface area contributed by atoms with Crippen molar-refractivity contribution in [3.63, 3.8) is 0 Å². The molecular weight excluding hydrogens is 722 g/mol. The number of unbranched alkanes of at least 4 members (excludes halogenated alkanes) is 4. The second-order valence-electron chi connectivity index (χ2n) is 13.6. The SMILES string of the molecule is COC(=O)CC[C@H](NC(=O)[C@H](C)NC(=O)[C@@H](C)O[C@H]1[C@H](O)[C@@H](CO)OC(O)(SC(=O)CCCCCCCNC(=O)OC(C)(C)C)[C@@H]1NC(C)=O)C(N)=O. The molecule has 0 aromatic carbocycles. The van der Waals surface area contributed by atoms with Gasteiger partial charge in [-0.05, 0) is 65.6 Å². The molecule has 0 spiro atoms. The number of carbonyl (C=O) groups excluding carboxylic acids is 7. The van der Waals surface area contributed by atoms with Gasteiger partial charge in [-0.1, -0.05) is 19.3 Å². The summed E-state index contributed by atoms with van der Waals surface area (Å²) in [7, 11) is 1.16.